The molecule has 2 N–H and O–H groups in total. The summed E-state index contributed by atoms with van der Waals surface area (Å²) in [6.45, 7) is 6.96. The molecule has 0 radical (unpaired) electrons. The summed E-state index contributed by atoms with van der Waals surface area (Å²) < 4.78 is 1.66. The van der Waals surface area contributed by atoms with Crippen LogP contribution >= 0.6 is 0 Å². The maximum atomic E-state index is 12.0. The highest BCUT2D eigenvalue weighted by Crippen LogP contribution is 2.23. The van der Waals surface area contributed by atoms with E-state index in [4.69, 9.17) is 5.11 Å². The topological polar surface area (TPSA) is 87.5 Å². The molecule has 7 heteroatoms. The summed E-state index contributed by atoms with van der Waals surface area (Å²) in [6.07, 6.45) is 3.98. The summed E-state index contributed by atoms with van der Waals surface area (Å²) >= 11 is 0. The van der Waals surface area contributed by atoms with Crippen LogP contribution in [0.3, 0.4) is 0 Å². The van der Waals surface area contributed by atoms with E-state index in [1.165, 1.54) is 12.5 Å². The van der Waals surface area contributed by atoms with Gasteiger partial charge in [-0.25, -0.2) is 14.6 Å². The first-order chi connectivity index (χ1) is 9.97. The SMILES string of the molecule is CC(C)C1CCN(C(=O)NCCn2cnc(C(=O)O)c2)C1. The number of nitrogens with zero attached hydrogens (tertiary/aromatic N) is 3. The fourth-order valence-corrected chi connectivity index (χ4v) is 2.51. The number of amides is 2. The van der Waals surface area contributed by atoms with Crippen LogP contribution in [0.1, 0.15) is 30.8 Å². The normalized spacial score (nSPS) is 18.2. The van der Waals surface area contributed by atoms with Gasteiger partial charge in [-0.3, -0.25) is 0 Å². The predicted molar refractivity (Wildman–Crippen MR) is 77.1 cm³/mol. The summed E-state index contributed by atoms with van der Waals surface area (Å²) in [5, 5.41) is 11.6. The maximum absolute atomic E-state index is 12.0. The maximum Gasteiger partial charge on any atom is 0.356 e. The van der Waals surface area contributed by atoms with Crippen molar-refractivity contribution < 1.29 is 14.7 Å². The van der Waals surface area contributed by atoms with E-state index in [9.17, 15) is 9.59 Å². The lowest BCUT2D eigenvalue weighted by Crippen LogP contribution is -2.40. The molecule has 0 aromatic carbocycles. The summed E-state index contributed by atoms with van der Waals surface area (Å²) in [7, 11) is 0. The Hall–Kier alpha value is -2.05. The van der Waals surface area contributed by atoms with Crippen molar-refractivity contribution in [1.29, 1.82) is 0 Å². The number of rotatable bonds is 5. The van der Waals surface area contributed by atoms with Gasteiger partial charge in [-0.2, -0.15) is 0 Å². The van der Waals surface area contributed by atoms with Gasteiger partial charge in [0.2, 0.25) is 0 Å². The van der Waals surface area contributed by atoms with Gasteiger partial charge >= 0.3 is 12.0 Å². The van der Waals surface area contributed by atoms with Crippen molar-refractivity contribution >= 4 is 12.0 Å². The Morgan fingerprint density at radius 3 is 2.86 bits per heavy atom. The third-order valence-corrected chi connectivity index (χ3v) is 3.95. The van der Waals surface area contributed by atoms with Gasteiger partial charge in [-0.15, -0.1) is 0 Å². The number of aromatic carboxylic acids is 1. The van der Waals surface area contributed by atoms with Crippen molar-refractivity contribution in [3.63, 3.8) is 0 Å². The van der Waals surface area contributed by atoms with Crippen LogP contribution in [0.15, 0.2) is 12.5 Å². The Balaban J connectivity index is 1.73. The zero-order valence-electron chi connectivity index (χ0n) is 12.5. The van der Waals surface area contributed by atoms with Crippen molar-refractivity contribution in [3.8, 4) is 0 Å². The Kier molecular flexibility index (Phi) is 4.82. The minimum Gasteiger partial charge on any atom is -0.476 e. The fraction of sp³-hybridized carbons (Fsp3) is 0.643. The number of carboxylic acid groups (broad SMARTS) is 1. The molecule has 1 aliphatic rings. The van der Waals surface area contributed by atoms with Crippen molar-refractivity contribution in [3.05, 3.63) is 18.2 Å². The van der Waals surface area contributed by atoms with E-state index in [0.29, 0.717) is 24.9 Å². The zero-order chi connectivity index (χ0) is 15.4. The number of imidazole rings is 1. The third-order valence-electron chi connectivity index (χ3n) is 3.95. The van der Waals surface area contributed by atoms with Crippen molar-refractivity contribution in [1.82, 2.24) is 19.8 Å². The van der Waals surface area contributed by atoms with Crippen LogP contribution in [0, 0.1) is 11.8 Å². The Labute approximate surface area is 124 Å². The van der Waals surface area contributed by atoms with Crippen LogP contribution in [-0.4, -0.2) is 51.2 Å². The molecule has 1 saturated heterocycles. The molecular formula is C14H22N4O3. The predicted octanol–water partition coefficient (Wildman–Crippen LogP) is 1.27. The van der Waals surface area contributed by atoms with Gasteiger partial charge in [0, 0.05) is 32.4 Å². The van der Waals surface area contributed by atoms with Crippen LogP contribution in [0.2, 0.25) is 0 Å². The van der Waals surface area contributed by atoms with Crippen molar-refractivity contribution in [2.75, 3.05) is 19.6 Å². The second-order valence-corrected chi connectivity index (χ2v) is 5.77. The molecule has 21 heavy (non-hydrogen) atoms. The van der Waals surface area contributed by atoms with Crippen molar-refractivity contribution in [2.24, 2.45) is 11.8 Å². The van der Waals surface area contributed by atoms with Crippen LogP contribution in [0.25, 0.3) is 0 Å². The number of nitrogens with one attached hydrogen (secondary N) is 1. The average Bonchev–Trinajstić information content (AvgIpc) is 3.07. The van der Waals surface area contributed by atoms with Gasteiger partial charge in [0.1, 0.15) is 0 Å². The summed E-state index contributed by atoms with van der Waals surface area (Å²) in [4.78, 5) is 28.3. The molecule has 1 unspecified atom stereocenters. The van der Waals surface area contributed by atoms with E-state index < -0.39 is 5.97 Å². The van der Waals surface area contributed by atoms with Gasteiger partial charge in [0.15, 0.2) is 5.69 Å². The summed E-state index contributed by atoms with van der Waals surface area (Å²) in [5.74, 6) is 0.139. The molecule has 1 aliphatic heterocycles. The number of hydrogen-bond acceptors (Lipinski definition) is 3. The van der Waals surface area contributed by atoms with E-state index in [2.05, 4.69) is 24.1 Å². The second-order valence-electron chi connectivity index (χ2n) is 5.77. The van der Waals surface area contributed by atoms with Gasteiger partial charge in [-0.1, -0.05) is 13.8 Å². The molecule has 2 amide bonds. The molecule has 0 saturated carbocycles. The molecular weight excluding hydrogens is 272 g/mol. The van der Waals surface area contributed by atoms with E-state index >= 15 is 0 Å². The first-order valence-corrected chi connectivity index (χ1v) is 7.25. The van der Waals surface area contributed by atoms with Gasteiger partial charge in [0.25, 0.3) is 0 Å². The zero-order valence-corrected chi connectivity index (χ0v) is 12.5. The largest absolute Gasteiger partial charge is 0.476 e. The second kappa shape index (κ2) is 6.60. The first-order valence-electron chi connectivity index (χ1n) is 7.25. The molecule has 0 bridgehead atoms. The molecule has 2 heterocycles. The number of hydrogen-bond donors (Lipinski definition) is 2. The highest BCUT2D eigenvalue weighted by atomic mass is 16.4. The van der Waals surface area contributed by atoms with Gasteiger partial charge in [0.05, 0.1) is 6.33 Å². The van der Waals surface area contributed by atoms with E-state index in [1.54, 1.807) is 4.57 Å². The lowest BCUT2D eigenvalue weighted by Gasteiger charge is -2.18. The Morgan fingerprint density at radius 1 is 1.52 bits per heavy atom. The van der Waals surface area contributed by atoms with Crippen LogP contribution < -0.4 is 5.32 Å². The number of carbonyl (C=O) groups is 2. The molecule has 0 aliphatic carbocycles. The first kappa shape index (κ1) is 15.3. The average molecular weight is 294 g/mol. The number of urea groups is 1. The smallest absolute Gasteiger partial charge is 0.356 e. The number of aromatic nitrogens is 2. The number of carboxylic acids is 1. The van der Waals surface area contributed by atoms with Crippen LogP contribution in [0.5, 0.6) is 0 Å². The Morgan fingerprint density at radius 2 is 2.29 bits per heavy atom. The molecule has 7 nitrogen and oxygen atoms in total. The fourth-order valence-electron chi connectivity index (χ4n) is 2.51. The number of carbonyl (C=O) groups excluding carboxylic acids is 1. The molecule has 116 valence electrons. The molecule has 1 aromatic rings. The molecule has 1 aromatic heterocycles. The summed E-state index contributed by atoms with van der Waals surface area (Å²) in [5.41, 5.74) is 0.0145. The third kappa shape index (κ3) is 3.96. The Bertz CT molecular complexity index is 512. The molecule has 0 spiro atoms. The van der Waals surface area contributed by atoms with E-state index in [1.807, 2.05) is 4.90 Å². The minimum atomic E-state index is -1.05. The standard InChI is InChI=1S/C14H22N4O3/c1-10(2)11-3-5-18(7-11)14(21)15-4-6-17-8-12(13(19)20)16-9-17/h8-11H,3-7H2,1-2H3,(H,15,21)(H,19,20). The monoisotopic (exact) mass is 294 g/mol. The molecule has 1 atom stereocenters. The highest BCUT2D eigenvalue weighted by molar-refractivity contribution is 5.84. The number of likely N-dealkylation sites (tertiary alicyclic amines) is 1. The van der Waals surface area contributed by atoms with Crippen LogP contribution in [-0.2, 0) is 6.54 Å². The minimum absolute atomic E-state index is 0.0145. The highest BCUT2D eigenvalue weighted by Gasteiger charge is 2.27. The van der Waals surface area contributed by atoms with E-state index in [-0.39, 0.29) is 11.7 Å². The van der Waals surface area contributed by atoms with Gasteiger partial charge < -0.3 is 19.9 Å². The van der Waals surface area contributed by atoms with Gasteiger partial charge in [-0.05, 0) is 18.3 Å². The van der Waals surface area contributed by atoms with Crippen LogP contribution in [0.4, 0.5) is 4.79 Å². The molecule has 2 rings (SSSR count). The lowest BCUT2D eigenvalue weighted by molar-refractivity contribution is 0.0691. The quantitative estimate of drug-likeness (QED) is 0.856. The van der Waals surface area contributed by atoms with E-state index in [0.717, 1.165) is 19.5 Å². The van der Waals surface area contributed by atoms with Crippen molar-refractivity contribution in [2.45, 2.75) is 26.8 Å². The summed E-state index contributed by atoms with van der Waals surface area (Å²) in [6, 6.07) is -0.0447. The molecule has 1 fully saturated rings. The lowest BCUT2D eigenvalue weighted by atomic mass is 9.95.